The number of aryl methyl sites for hydroxylation is 3. The van der Waals surface area contributed by atoms with E-state index >= 15 is 0 Å². The average Bonchev–Trinajstić information content (AvgIpc) is 3.31. The molecule has 3 aromatic rings. The maximum absolute atomic E-state index is 12.4. The molecule has 2 aromatic carbocycles. The quantitative estimate of drug-likeness (QED) is 0.624. The first-order chi connectivity index (χ1) is 13.6. The number of amides is 1. The molecular weight excluding hydrogens is 344 g/mol. The lowest BCUT2D eigenvalue weighted by molar-refractivity contribution is -0.121. The molecule has 0 spiro atoms. The highest BCUT2D eigenvalue weighted by molar-refractivity contribution is 5.85. The minimum Gasteiger partial charge on any atom is -0.353 e. The molecule has 1 fully saturated rings. The first kappa shape index (κ1) is 18.8. The van der Waals surface area contributed by atoms with E-state index < -0.39 is 0 Å². The Labute approximate surface area is 167 Å². The Morgan fingerprint density at radius 2 is 1.86 bits per heavy atom. The van der Waals surface area contributed by atoms with Gasteiger partial charge in [0.05, 0.1) is 0 Å². The van der Waals surface area contributed by atoms with Crippen molar-refractivity contribution >= 4 is 16.8 Å². The number of nitrogens with zero attached hydrogens (tertiary/aromatic N) is 1. The lowest BCUT2D eigenvalue weighted by Gasteiger charge is -2.11. The fourth-order valence-electron chi connectivity index (χ4n) is 4.43. The van der Waals surface area contributed by atoms with Gasteiger partial charge in [-0.25, -0.2) is 0 Å². The van der Waals surface area contributed by atoms with Crippen LogP contribution < -0.4 is 5.32 Å². The van der Waals surface area contributed by atoms with Crippen LogP contribution in [0.3, 0.4) is 0 Å². The molecule has 1 aromatic heterocycles. The molecule has 1 N–H and O–H groups in total. The average molecular weight is 375 g/mol. The predicted molar refractivity (Wildman–Crippen MR) is 116 cm³/mol. The number of hydrogen-bond donors (Lipinski definition) is 1. The molecule has 3 heteroatoms. The first-order valence-electron chi connectivity index (χ1n) is 10.5. The van der Waals surface area contributed by atoms with E-state index in [9.17, 15) is 4.79 Å². The number of carbonyl (C=O) groups excluding carboxylic acids is 1. The van der Waals surface area contributed by atoms with Gasteiger partial charge in [-0.2, -0.15) is 0 Å². The van der Waals surface area contributed by atoms with E-state index in [1.807, 2.05) is 0 Å². The van der Waals surface area contributed by atoms with Gasteiger partial charge in [0.1, 0.15) is 0 Å². The molecule has 1 aliphatic rings. The fourth-order valence-corrected chi connectivity index (χ4v) is 4.43. The Morgan fingerprint density at radius 3 is 2.68 bits per heavy atom. The Balaban J connectivity index is 1.52. The van der Waals surface area contributed by atoms with Crippen molar-refractivity contribution in [2.75, 3.05) is 0 Å². The van der Waals surface area contributed by atoms with Crippen LogP contribution in [0.5, 0.6) is 0 Å². The zero-order chi connectivity index (χ0) is 19.5. The van der Waals surface area contributed by atoms with Crippen LogP contribution in [0, 0.1) is 13.8 Å². The molecule has 0 unspecified atom stereocenters. The van der Waals surface area contributed by atoms with E-state index in [2.05, 4.69) is 72.4 Å². The van der Waals surface area contributed by atoms with Crippen molar-refractivity contribution < 1.29 is 4.79 Å². The lowest BCUT2D eigenvalue weighted by Crippen LogP contribution is -2.32. The maximum atomic E-state index is 12.4. The summed E-state index contributed by atoms with van der Waals surface area (Å²) in [6, 6.07) is 15.6. The minimum atomic E-state index is 0.193. The molecule has 0 aliphatic heterocycles. The molecule has 1 saturated carbocycles. The number of fused-ring (bicyclic) bond motifs is 1. The van der Waals surface area contributed by atoms with Crippen LogP contribution in [-0.2, 0) is 17.8 Å². The number of aromatic nitrogens is 1. The summed E-state index contributed by atoms with van der Waals surface area (Å²) in [5.74, 6) is 0.193. The van der Waals surface area contributed by atoms with Crippen molar-refractivity contribution in [3.05, 3.63) is 70.9 Å². The Kier molecular flexibility index (Phi) is 5.52. The summed E-state index contributed by atoms with van der Waals surface area (Å²) in [6.07, 6.45) is 8.37. The zero-order valence-corrected chi connectivity index (χ0v) is 17.0. The Hall–Kier alpha value is -2.55. The van der Waals surface area contributed by atoms with Crippen molar-refractivity contribution in [3.8, 4) is 0 Å². The van der Waals surface area contributed by atoms with Gasteiger partial charge < -0.3 is 9.88 Å². The van der Waals surface area contributed by atoms with Gasteiger partial charge >= 0.3 is 0 Å². The van der Waals surface area contributed by atoms with Crippen LogP contribution in [0.1, 0.15) is 54.4 Å². The van der Waals surface area contributed by atoms with Crippen LogP contribution in [0.4, 0.5) is 0 Å². The molecule has 0 radical (unpaired) electrons. The van der Waals surface area contributed by atoms with Crippen LogP contribution in [0.25, 0.3) is 10.9 Å². The largest absolute Gasteiger partial charge is 0.353 e. The Bertz CT molecular complexity index is 979. The van der Waals surface area contributed by atoms with Gasteiger partial charge in [-0.3, -0.25) is 4.79 Å². The summed E-state index contributed by atoms with van der Waals surface area (Å²) in [5, 5.41) is 4.48. The standard InChI is InChI=1S/C25H30N2O/c1-18-11-12-19(2)21(15-18)17-27-16-20(23-9-5-6-10-24(23)27)13-14-25(28)26-22-7-3-4-8-22/h5-6,9-12,15-16,22H,3-4,7-8,13-14,17H2,1-2H3,(H,26,28). The fraction of sp³-hybridized carbons (Fsp3) is 0.400. The summed E-state index contributed by atoms with van der Waals surface area (Å²) in [4.78, 5) is 12.4. The first-order valence-corrected chi connectivity index (χ1v) is 10.5. The smallest absolute Gasteiger partial charge is 0.220 e. The predicted octanol–water partition coefficient (Wildman–Crippen LogP) is 5.30. The van der Waals surface area contributed by atoms with Gasteiger partial charge in [-0.1, -0.05) is 54.8 Å². The van der Waals surface area contributed by atoms with Crippen molar-refractivity contribution in [2.45, 2.75) is 65.0 Å². The highest BCUT2D eigenvalue weighted by Gasteiger charge is 2.17. The Morgan fingerprint density at radius 1 is 1.07 bits per heavy atom. The monoisotopic (exact) mass is 374 g/mol. The number of para-hydroxylation sites is 1. The van der Waals surface area contributed by atoms with Gasteiger partial charge in [0.25, 0.3) is 0 Å². The molecular formula is C25H30N2O. The normalized spacial score (nSPS) is 14.6. The molecule has 146 valence electrons. The van der Waals surface area contributed by atoms with Gasteiger partial charge in [-0.05, 0) is 55.9 Å². The highest BCUT2D eigenvalue weighted by Crippen LogP contribution is 2.25. The second-order valence-corrected chi connectivity index (χ2v) is 8.28. The molecule has 3 nitrogen and oxygen atoms in total. The molecule has 1 heterocycles. The summed E-state index contributed by atoms with van der Waals surface area (Å²) >= 11 is 0. The van der Waals surface area contributed by atoms with E-state index in [4.69, 9.17) is 0 Å². The number of nitrogens with one attached hydrogen (secondary N) is 1. The third kappa shape index (κ3) is 4.14. The van der Waals surface area contributed by atoms with Crippen LogP contribution in [-0.4, -0.2) is 16.5 Å². The van der Waals surface area contributed by atoms with E-state index in [1.54, 1.807) is 0 Å². The number of carbonyl (C=O) groups is 1. The van der Waals surface area contributed by atoms with Crippen molar-refractivity contribution in [1.29, 1.82) is 0 Å². The molecule has 4 rings (SSSR count). The molecule has 0 saturated heterocycles. The van der Waals surface area contributed by atoms with Crippen molar-refractivity contribution in [1.82, 2.24) is 9.88 Å². The number of rotatable bonds is 6. The SMILES string of the molecule is Cc1ccc(C)c(Cn2cc(CCC(=O)NC3CCCC3)c3ccccc32)c1. The molecule has 0 atom stereocenters. The van der Waals surface area contributed by atoms with Crippen molar-refractivity contribution in [2.24, 2.45) is 0 Å². The summed E-state index contributed by atoms with van der Waals surface area (Å²) in [5.41, 5.74) is 6.48. The van der Waals surface area contributed by atoms with Crippen LogP contribution in [0.2, 0.25) is 0 Å². The van der Waals surface area contributed by atoms with Gasteiger partial charge in [0.2, 0.25) is 5.91 Å². The van der Waals surface area contributed by atoms with E-state index in [0.29, 0.717) is 12.5 Å². The third-order valence-corrected chi connectivity index (χ3v) is 6.06. The van der Waals surface area contributed by atoms with Crippen molar-refractivity contribution in [3.63, 3.8) is 0 Å². The second kappa shape index (κ2) is 8.22. The highest BCUT2D eigenvalue weighted by atomic mass is 16.1. The third-order valence-electron chi connectivity index (χ3n) is 6.06. The molecule has 28 heavy (non-hydrogen) atoms. The van der Waals surface area contributed by atoms with Gasteiger partial charge in [-0.15, -0.1) is 0 Å². The topological polar surface area (TPSA) is 34.0 Å². The number of benzene rings is 2. The second-order valence-electron chi connectivity index (χ2n) is 8.28. The molecule has 1 amide bonds. The maximum Gasteiger partial charge on any atom is 0.220 e. The van der Waals surface area contributed by atoms with E-state index in [1.165, 1.54) is 46.0 Å². The number of hydrogen-bond acceptors (Lipinski definition) is 1. The molecule has 1 aliphatic carbocycles. The summed E-state index contributed by atoms with van der Waals surface area (Å²) < 4.78 is 2.33. The zero-order valence-electron chi connectivity index (χ0n) is 17.0. The van der Waals surface area contributed by atoms with Crippen LogP contribution >= 0.6 is 0 Å². The van der Waals surface area contributed by atoms with Gasteiger partial charge in [0, 0.05) is 36.1 Å². The lowest BCUT2D eigenvalue weighted by atomic mass is 10.1. The van der Waals surface area contributed by atoms with Gasteiger partial charge in [0.15, 0.2) is 0 Å². The summed E-state index contributed by atoms with van der Waals surface area (Å²) in [6.45, 7) is 5.18. The van der Waals surface area contributed by atoms with E-state index in [0.717, 1.165) is 25.8 Å². The summed E-state index contributed by atoms with van der Waals surface area (Å²) in [7, 11) is 0. The van der Waals surface area contributed by atoms with E-state index in [-0.39, 0.29) is 5.91 Å². The van der Waals surface area contributed by atoms with Crippen LogP contribution in [0.15, 0.2) is 48.7 Å². The minimum absolute atomic E-state index is 0.193. The molecule has 0 bridgehead atoms.